The molecule has 2 saturated heterocycles. The van der Waals surface area contributed by atoms with Gasteiger partial charge in [0.15, 0.2) is 23.0 Å². The molecule has 2 amide bonds. The first kappa shape index (κ1) is 39.7. The summed E-state index contributed by atoms with van der Waals surface area (Å²) in [5, 5.41) is 11.8. The van der Waals surface area contributed by atoms with E-state index in [1.165, 1.54) is 32.1 Å². The number of carbonyl (C=O) groups excluding carboxylic acids is 2. The highest BCUT2D eigenvalue weighted by Crippen LogP contribution is 2.35. The Kier molecular flexibility index (Phi) is 13.9. The summed E-state index contributed by atoms with van der Waals surface area (Å²) in [7, 11) is 3.32. The van der Waals surface area contributed by atoms with Crippen LogP contribution in [0.3, 0.4) is 0 Å². The first-order valence-electron chi connectivity index (χ1n) is 20.9. The topological polar surface area (TPSA) is 133 Å². The summed E-state index contributed by atoms with van der Waals surface area (Å²) in [5.41, 5.74) is 3.67. The number of likely N-dealkylation sites (tertiary alicyclic amines) is 1. The average molecular weight is 774 g/mol. The van der Waals surface area contributed by atoms with Crippen LogP contribution < -0.4 is 24.3 Å². The molecule has 4 aliphatic heterocycles. The summed E-state index contributed by atoms with van der Waals surface area (Å²) >= 11 is 0. The van der Waals surface area contributed by atoms with Crippen molar-refractivity contribution < 1.29 is 38.2 Å². The molecule has 4 fully saturated rings. The van der Waals surface area contributed by atoms with Crippen molar-refractivity contribution in [1.29, 1.82) is 0 Å². The van der Waals surface area contributed by atoms with Gasteiger partial charge in [-0.2, -0.15) is 0 Å². The second-order valence-corrected chi connectivity index (χ2v) is 15.7. The molecule has 2 aromatic carbocycles. The fraction of sp³-hybridized carbons (Fsp3) is 0.628. The molecule has 0 bridgehead atoms. The second-order valence-electron chi connectivity index (χ2n) is 15.7. The van der Waals surface area contributed by atoms with Crippen molar-refractivity contribution in [3.05, 3.63) is 47.5 Å². The van der Waals surface area contributed by atoms with Gasteiger partial charge in [-0.1, -0.05) is 10.3 Å². The van der Waals surface area contributed by atoms with Crippen molar-refractivity contribution >= 4 is 23.2 Å². The number of methoxy groups -OCH3 is 2. The monoisotopic (exact) mass is 773 g/mol. The molecule has 1 N–H and O–H groups in total. The van der Waals surface area contributed by atoms with Gasteiger partial charge in [-0.15, -0.1) is 0 Å². The highest BCUT2D eigenvalue weighted by molar-refractivity contribution is 6.02. The number of ether oxygens (including phenoxy) is 4. The highest BCUT2D eigenvalue weighted by Gasteiger charge is 2.30. The standard InChI is InChI=1S/C22H30N2O4.C21H29N3O4/c1-26-20-10-9-16(13-21(20)27-17-7-3-4-8-17)19-14-18(28-23-19)15-22(25)24-11-5-2-6-12-24;1-26-19-7-6-15(12-20(19)27-16-4-2-3-5-16)18-13-17(28-23-18)14-21(25)24-10-8-22-9-11-24/h9-10,13,17-18H,2-8,11-12,14-15H2,1H3;6-7,12,16-17,22H,2-5,8-11,13-14H2,1H3. The minimum Gasteiger partial charge on any atom is -0.493 e. The van der Waals surface area contributed by atoms with Crippen LogP contribution in [0.15, 0.2) is 46.7 Å². The van der Waals surface area contributed by atoms with Crippen LogP contribution in [0.1, 0.15) is 107 Å². The van der Waals surface area contributed by atoms with E-state index in [0.717, 1.165) is 123 Å². The lowest BCUT2D eigenvalue weighted by Crippen LogP contribution is -2.47. The van der Waals surface area contributed by atoms with Gasteiger partial charge in [0.05, 0.1) is 50.7 Å². The van der Waals surface area contributed by atoms with E-state index in [4.69, 9.17) is 28.6 Å². The van der Waals surface area contributed by atoms with Gasteiger partial charge in [0.1, 0.15) is 12.2 Å². The molecule has 0 aromatic heterocycles. The number of nitrogens with zero attached hydrogens (tertiary/aromatic N) is 4. The Balaban J connectivity index is 0.000000172. The third-order valence-electron chi connectivity index (χ3n) is 11.6. The average Bonchev–Trinajstić information content (AvgIpc) is 4.09. The molecule has 4 heterocycles. The molecule has 2 aromatic rings. The van der Waals surface area contributed by atoms with Crippen molar-refractivity contribution in [2.45, 2.75) is 121 Å². The summed E-state index contributed by atoms with van der Waals surface area (Å²) in [6.07, 6.45) is 14.9. The number of nitrogens with one attached hydrogen (secondary N) is 1. The largest absolute Gasteiger partial charge is 0.493 e. The summed E-state index contributed by atoms with van der Waals surface area (Å²) in [6.45, 7) is 4.99. The second kappa shape index (κ2) is 19.6. The van der Waals surface area contributed by atoms with Gasteiger partial charge in [0.25, 0.3) is 0 Å². The number of rotatable bonds is 12. The Morgan fingerprint density at radius 3 is 1.52 bits per heavy atom. The quantitative estimate of drug-likeness (QED) is 0.266. The van der Waals surface area contributed by atoms with Gasteiger partial charge in [-0.05, 0) is 107 Å². The number of benzene rings is 2. The Hall–Kier alpha value is -4.52. The van der Waals surface area contributed by atoms with E-state index in [-0.39, 0.29) is 36.2 Å². The molecule has 304 valence electrons. The number of amides is 2. The maximum Gasteiger partial charge on any atom is 0.226 e. The predicted octanol–water partition coefficient (Wildman–Crippen LogP) is 6.24. The number of hydrogen-bond donors (Lipinski definition) is 1. The lowest BCUT2D eigenvalue weighted by molar-refractivity contribution is -0.135. The molecule has 6 aliphatic rings. The van der Waals surface area contributed by atoms with Crippen LogP contribution in [0.25, 0.3) is 0 Å². The summed E-state index contributed by atoms with van der Waals surface area (Å²) in [4.78, 5) is 40.0. The normalized spacial score (nSPS) is 22.7. The number of oxime groups is 2. The molecule has 2 aliphatic carbocycles. The van der Waals surface area contributed by atoms with Gasteiger partial charge in [0.2, 0.25) is 11.8 Å². The molecule has 0 radical (unpaired) electrons. The molecule has 56 heavy (non-hydrogen) atoms. The molecule has 13 nitrogen and oxygen atoms in total. The van der Waals surface area contributed by atoms with Gasteiger partial charge >= 0.3 is 0 Å². The van der Waals surface area contributed by atoms with Crippen molar-refractivity contribution in [2.24, 2.45) is 10.3 Å². The Bertz CT molecular complexity index is 1570. The minimum atomic E-state index is -0.196. The van der Waals surface area contributed by atoms with E-state index in [1.54, 1.807) is 14.2 Å². The Morgan fingerprint density at radius 2 is 1.07 bits per heavy atom. The number of piperidine rings is 1. The van der Waals surface area contributed by atoms with E-state index >= 15 is 0 Å². The van der Waals surface area contributed by atoms with Crippen LogP contribution in [0, 0.1) is 0 Å². The molecular formula is C43H59N5O8. The summed E-state index contributed by atoms with van der Waals surface area (Å²) in [5.74, 6) is 3.33. The minimum absolute atomic E-state index is 0.142. The molecule has 2 unspecified atom stereocenters. The van der Waals surface area contributed by atoms with Gasteiger partial charge in [-0.3, -0.25) is 9.59 Å². The maximum atomic E-state index is 12.5. The molecule has 2 atom stereocenters. The summed E-state index contributed by atoms with van der Waals surface area (Å²) in [6, 6.07) is 11.8. The number of hydrogen-bond acceptors (Lipinski definition) is 11. The van der Waals surface area contributed by atoms with E-state index < -0.39 is 0 Å². The molecule has 8 rings (SSSR count). The maximum absolute atomic E-state index is 12.5. The van der Waals surface area contributed by atoms with E-state index in [0.29, 0.717) is 25.7 Å². The van der Waals surface area contributed by atoms with Crippen molar-refractivity contribution in [3.8, 4) is 23.0 Å². The number of carbonyl (C=O) groups is 2. The van der Waals surface area contributed by atoms with Crippen LogP contribution >= 0.6 is 0 Å². The molecule has 0 spiro atoms. The third-order valence-corrected chi connectivity index (χ3v) is 11.6. The number of piperazine rings is 1. The summed E-state index contributed by atoms with van der Waals surface area (Å²) < 4.78 is 23.3. The van der Waals surface area contributed by atoms with Gasteiger partial charge < -0.3 is 43.7 Å². The first-order valence-corrected chi connectivity index (χ1v) is 20.9. The van der Waals surface area contributed by atoms with Crippen LogP contribution in [0.5, 0.6) is 23.0 Å². The van der Waals surface area contributed by atoms with Crippen molar-refractivity contribution in [1.82, 2.24) is 15.1 Å². The molecular weight excluding hydrogens is 714 g/mol. The fourth-order valence-electron chi connectivity index (χ4n) is 8.39. The van der Waals surface area contributed by atoms with Crippen LogP contribution in [0.4, 0.5) is 0 Å². The van der Waals surface area contributed by atoms with Gasteiger partial charge in [0, 0.05) is 63.2 Å². The fourth-order valence-corrected chi connectivity index (χ4v) is 8.39. The zero-order valence-corrected chi connectivity index (χ0v) is 33.2. The molecule has 13 heteroatoms. The Morgan fingerprint density at radius 1 is 0.625 bits per heavy atom. The lowest BCUT2D eigenvalue weighted by atomic mass is 10.0. The first-order chi connectivity index (χ1) is 27.4. The zero-order chi connectivity index (χ0) is 38.7. The van der Waals surface area contributed by atoms with Crippen molar-refractivity contribution in [3.63, 3.8) is 0 Å². The predicted molar refractivity (Wildman–Crippen MR) is 213 cm³/mol. The highest BCUT2D eigenvalue weighted by atomic mass is 16.6. The van der Waals surface area contributed by atoms with E-state index in [2.05, 4.69) is 15.6 Å². The van der Waals surface area contributed by atoms with Crippen molar-refractivity contribution in [2.75, 3.05) is 53.5 Å². The van der Waals surface area contributed by atoms with E-state index in [1.807, 2.05) is 46.2 Å². The SMILES string of the molecule is COc1ccc(C2=NOC(CC(=O)N3CCCCC3)C2)cc1OC1CCCC1.COc1ccc(C2=NOC(CC(=O)N3CCNCC3)C2)cc1OC1CCCC1. The third kappa shape index (κ3) is 10.5. The van der Waals surface area contributed by atoms with Crippen LogP contribution in [-0.2, 0) is 19.3 Å². The zero-order valence-electron chi connectivity index (χ0n) is 33.2. The van der Waals surface area contributed by atoms with E-state index in [9.17, 15) is 9.59 Å². The Labute approximate surface area is 331 Å². The lowest BCUT2D eigenvalue weighted by Gasteiger charge is -2.28. The molecule has 2 saturated carbocycles. The smallest absolute Gasteiger partial charge is 0.226 e. The van der Waals surface area contributed by atoms with Crippen LogP contribution in [-0.4, -0.2) is 111 Å². The van der Waals surface area contributed by atoms with Crippen LogP contribution in [0.2, 0.25) is 0 Å². The van der Waals surface area contributed by atoms with Gasteiger partial charge in [-0.25, -0.2) is 0 Å².